The van der Waals surface area contributed by atoms with Gasteiger partial charge < -0.3 is 21.1 Å². The highest BCUT2D eigenvalue weighted by Gasteiger charge is 2.16. The third kappa shape index (κ3) is 7.85. The number of guanidine groups is 1. The van der Waals surface area contributed by atoms with Gasteiger partial charge in [-0.25, -0.2) is 9.07 Å². The first-order valence-electron chi connectivity index (χ1n) is 11.1. The number of nitrogens with zero attached hydrogens (tertiary/aromatic N) is 4. The zero-order chi connectivity index (χ0) is 23.3. The predicted octanol–water partition coefficient (Wildman–Crippen LogP) is 3.02. The van der Waals surface area contributed by atoms with Gasteiger partial charge in [0.05, 0.1) is 18.0 Å². The van der Waals surface area contributed by atoms with Crippen LogP contribution >= 0.6 is 0 Å². The zero-order valence-corrected chi connectivity index (χ0v) is 19.2. The molecule has 0 atom stereocenters. The number of hydrogen-bond acceptors (Lipinski definition) is 5. The van der Waals surface area contributed by atoms with Gasteiger partial charge in [0, 0.05) is 26.2 Å². The molecule has 1 heterocycles. The predicted molar refractivity (Wildman–Crippen MR) is 125 cm³/mol. The summed E-state index contributed by atoms with van der Waals surface area (Å²) in [5.74, 6) is 1.29. The number of benzene rings is 1. The van der Waals surface area contributed by atoms with Gasteiger partial charge >= 0.3 is 0 Å². The van der Waals surface area contributed by atoms with Crippen molar-refractivity contribution in [1.29, 1.82) is 5.26 Å². The highest BCUT2D eigenvalue weighted by Crippen LogP contribution is 2.21. The van der Waals surface area contributed by atoms with Gasteiger partial charge in [0.25, 0.3) is 0 Å². The molecule has 174 valence electrons. The number of hydrogen-bond donors (Lipinski definition) is 3. The molecule has 2 rings (SSSR count). The van der Waals surface area contributed by atoms with Crippen LogP contribution in [0.25, 0.3) is 5.69 Å². The van der Waals surface area contributed by atoms with E-state index in [0.717, 1.165) is 25.5 Å². The smallest absolute Gasteiger partial charge is 0.191 e. The molecule has 0 bridgehead atoms. The maximum Gasteiger partial charge on any atom is 0.191 e. The van der Waals surface area contributed by atoms with Crippen molar-refractivity contribution in [3.8, 4) is 11.8 Å². The fourth-order valence-corrected chi connectivity index (χ4v) is 3.00. The Morgan fingerprint density at radius 1 is 1.28 bits per heavy atom. The Bertz CT molecular complexity index is 900. The summed E-state index contributed by atoms with van der Waals surface area (Å²) < 4.78 is 20.3. The number of nitrogens with one attached hydrogen (secondary N) is 2. The lowest BCUT2D eigenvalue weighted by atomic mass is 10.1. The number of nitrogens with two attached hydrogens (primary N) is 1. The van der Waals surface area contributed by atoms with Crippen LogP contribution in [0.3, 0.4) is 0 Å². The van der Waals surface area contributed by atoms with Crippen molar-refractivity contribution in [1.82, 2.24) is 20.4 Å². The molecule has 1 aromatic heterocycles. The van der Waals surface area contributed by atoms with E-state index in [0.29, 0.717) is 55.4 Å². The van der Waals surface area contributed by atoms with E-state index in [2.05, 4.69) is 40.6 Å². The number of aryl methyl sites for hydroxylation is 1. The van der Waals surface area contributed by atoms with Crippen LogP contribution in [0.4, 0.5) is 10.2 Å². The first-order valence-corrected chi connectivity index (χ1v) is 11.1. The van der Waals surface area contributed by atoms with Crippen LogP contribution < -0.4 is 16.4 Å². The van der Waals surface area contributed by atoms with Gasteiger partial charge in [0.15, 0.2) is 5.96 Å². The minimum Gasteiger partial charge on any atom is -0.382 e. The van der Waals surface area contributed by atoms with Gasteiger partial charge in [0.1, 0.15) is 23.3 Å². The van der Waals surface area contributed by atoms with Crippen LogP contribution in [0, 0.1) is 23.1 Å². The molecule has 0 aliphatic heterocycles. The van der Waals surface area contributed by atoms with Gasteiger partial charge in [-0.2, -0.15) is 10.4 Å². The molecule has 0 aliphatic carbocycles. The molecular weight excluding hydrogens is 409 g/mol. The largest absolute Gasteiger partial charge is 0.382 e. The summed E-state index contributed by atoms with van der Waals surface area (Å²) in [7, 11) is 0. The Balaban J connectivity index is 1.89. The third-order valence-electron chi connectivity index (χ3n) is 4.74. The van der Waals surface area contributed by atoms with Gasteiger partial charge in [-0.3, -0.25) is 4.99 Å². The Morgan fingerprint density at radius 2 is 2.03 bits per heavy atom. The zero-order valence-electron chi connectivity index (χ0n) is 19.2. The molecule has 0 saturated heterocycles. The number of rotatable bonds is 12. The van der Waals surface area contributed by atoms with Crippen molar-refractivity contribution >= 4 is 11.8 Å². The van der Waals surface area contributed by atoms with Crippen LogP contribution in [-0.2, 0) is 11.2 Å². The lowest BCUT2D eigenvalue weighted by molar-refractivity contribution is 0.128. The second-order valence-corrected chi connectivity index (χ2v) is 7.79. The van der Waals surface area contributed by atoms with Crippen LogP contribution in [0.1, 0.15) is 44.9 Å². The summed E-state index contributed by atoms with van der Waals surface area (Å²) in [5, 5.41) is 20.5. The Morgan fingerprint density at radius 3 is 2.69 bits per heavy atom. The van der Waals surface area contributed by atoms with E-state index in [9.17, 15) is 9.65 Å². The monoisotopic (exact) mass is 443 g/mol. The van der Waals surface area contributed by atoms with Crippen molar-refractivity contribution in [3.63, 3.8) is 0 Å². The molecule has 0 radical (unpaired) electrons. The molecule has 0 amide bonds. The first-order chi connectivity index (χ1) is 15.5. The fraction of sp³-hybridized carbons (Fsp3) is 0.522. The van der Waals surface area contributed by atoms with E-state index in [1.807, 2.05) is 6.92 Å². The van der Waals surface area contributed by atoms with Crippen LogP contribution in [0.2, 0.25) is 0 Å². The highest BCUT2D eigenvalue weighted by molar-refractivity contribution is 5.79. The first kappa shape index (κ1) is 25.1. The molecule has 0 fully saturated rings. The molecule has 32 heavy (non-hydrogen) atoms. The molecular formula is C23H34FN7O. The van der Waals surface area contributed by atoms with Gasteiger partial charge in [-0.1, -0.05) is 13.8 Å². The number of nitrogen functional groups attached to an aromatic ring is 1. The fourth-order valence-electron chi connectivity index (χ4n) is 3.00. The summed E-state index contributed by atoms with van der Waals surface area (Å²) in [5.41, 5.74) is 7.68. The summed E-state index contributed by atoms with van der Waals surface area (Å²) >= 11 is 0. The highest BCUT2D eigenvalue weighted by atomic mass is 19.1. The van der Waals surface area contributed by atoms with E-state index in [-0.39, 0.29) is 11.6 Å². The SMILES string of the molecule is CCNC(=NCCCc1nn(-c2ccc(F)cc2)c(N)c1C#N)NCCOCCC(C)C. The van der Waals surface area contributed by atoms with Crippen molar-refractivity contribution < 1.29 is 9.13 Å². The summed E-state index contributed by atoms with van der Waals surface area (Å²) in [6, 6.07) is 7.96. The van der Waals surface area contributed by atoms with E-state index >= 15 is 0 Å². The Kier molecular flexibility index (Phi) is 10.5. The topological polar surface area (TPSA) is 113 Å². The van der Waals surface area contributed by atoms with E-state index in [4.69, 9.17) is 10.5 Å². The average Bonchev–Trinajstić information content (AvgIpc) is 3.09. The van der Waals surface area contributed by atoms with Gasteiger partial charge in [0.2, 0.25) is 0 Å². The molecule has 9 heteroatoms. The van der Waals surface area contributed by atoms with Crippen molar-refractivity contribution in [2.24, 2.45) is 10.9 Å². The van der Waals surface area contributed by atoms with Crippen LogP contribution in [0.15, 0.2) is 29.3 Å². The lowest BCUT2D eigenvalue weighted by Crippen LogP contribution is -2.39. The number of anilines is 1. The molecule has 0 aliphatic rings. The summed E-state index contributed by atoms with van der Waals surface area (Å²) in [6.45, 7) is 9.78. The molecule has 8 nitrogen and oxygen atoms in total. The van der Waals surface area contributed by atoms with Crippen molar-refractivity contribution in [2.75, 3.05) is 38.6 Å². The van der Waals surface area contributed by atoms with Crippen LogP contribution in [-0.4, -0.2) is 48.6 Å². The maximum atomic E-state index is 13.2. The van der Waals surface area contributed by atoms with Gasteiger partial charge in [-0.05, 0) is 56.4 Å². The maximum absolute atomic E-state index is 13.2. The van der Waals surface area contributed by atoms with E-state index in [1.165, 1.54) is 16.8 Å². The van der Waals surface area contributed by atoms with Crippen LogP contribution in [0.5, 0.6) is 0 Å². The number of halogens is 1. The second kappa shape index (κ2) is 13.3. The number of nitriles is 1. The molecule has 0 unspecified atom stereocenters. The molecule has 2 aromatic rings. The number of aliphatic imine (C=N–C) groups is 1. The summed E-state index contributed by atoms with van der Waals surface area (Å²) in [6.07, 6.45) is 2.32. The Hall–Kier alpha value is -3.12. The minimum atomic E-state index is -0.342. The number of aromatic nitrogens is 2. The van der Waals surface area contributed by atoms with Crippen molar-refractivity contribution in [3.05, 3.63) is 41.3 Å². The molecule has 4 N–H and O–H groups in total. The second-order valence-electron chi connectivity index (χ2n) is 7.79. The average molecular weight is 444 g/mol. The lowest BCUT2D eigenvalue weighted by Gasteiger charge is -2.12. The summed E-state index contributed by atoms with van der Waals surface area (Å²) in [4.78, 5) is 4.58. The molecule has 1 aromatic carbocycles. The molecule has 0 spiro atoms. The van der Waals surface area contributed by atoms with Gasteiger partial charge in [-0.15, -0.1) is 0 Å². The standard InChI is InChI=1S/C23H34FN7O/c1-4-27-23(29-13-15-32-14-11-17(2)3)28-12-5-6-21-20(16-25)22(26)31(30-21)19-9-7-18(24)8-10-19/h7-10,17H,4-6,11-15,26H2,1-3H3,(H2,27,28,29). The minimum absolute atomic E-state index is 0.255. The van der Waals surface area contributed by atoms with E-state index < -0.39 is 0 Å². The Labute approximate surface area is 189 Å². The third-order valence-corrected chi connectivity index (χ3v) is 4.74. The number of ether oxygens (including phenoxy) is 1. The molecule has 0 saturated carbocycles. The van der Waals surface area contributed by atoms with E-state index in [1.54, 1.807) is 12.1 Å². The quantitative estimate of drug-likeness (QED) is 0.264. The van der Waals surface area contributed by atoms with Crippen molar-refractivity contribution in [2.45, 2.75) is 40.0 Å². The normalized spacial score (nSPS) is 11.6.